The van der Waals surface area contributed by atoms with Gasteiger partial charge in [0.1, 0.15) is 5.70 Å². The van der Waals surface area contributed by atoms with Gasteiger partial charge in [-0.3, -0.25) is 14.5 Å². The number of nitrogens with zero attached hydrogens (tertiary/aromatic N) is 1. The van der Waals surface area contributed by atoms with Crippen molar-refractivity contribution in [2.75, 3.05) is 11.9 Å². The van der Waals surface area contributed by atoms with Gasteiger partial charge in [-0.1, -0.05) is 48.9 Å². The van der Waals surface area contributed by atoms with E-state index in [2.05, 4.69) is 18.8 Å². The molecular formula is C23H24N2O2. The highest BCUT2D eigenvalue weighted by Crippen LogP contribution is 2.32. The number of benzene rings is 2. The van der Waals surface area contributed by atoms with Crippen molar-refractivity contribution in [2.45, 2.75) is 27.2 Å². The van der Waals surface area contributed by atoms with E-state index in [1.165, 1.54) is 10.5 Å². The number of hydrogen-bond acceptors (Lipinski definition) is 3. The first-order valence-electron chi connectivity index (χ1n) is 9.11. The summed E-state index contributed by atoms with van der Waals surface area (Å²) in [5.74, 6) is -0.617. The number of anilines is 1. The zero-order chi connectivity index (χ0) is 19.6. The predicted molar refractivity (Wildman–Crippen MR) is 109 cm³/mol. The number of carbonyl (C=O) groups is 2. The molecular weight excluding hydrogens is 336 g/mol. The van der Waals surface area contributed by atoms with E-state index >= 15 is 0 Å². The molecule has 138 valence electrons. The zero-order valence-electron chi connectivity index (χ0n) is 16.0. The molecule has 0 unspecified atom stereocenters. The van der Waals surface area contributed by atoms with Crippen LogP contribution in [0.3, 0.4) is 0 Å². The van der Waals surface area contributed by atoms with Gasteiger partial charge in [-0.15, -0.1) is 6.58 Å². The van der Waals surface area contributed by atoms with Gasteiger partial charge in [0.25, 0.3) is 11.8 Å². The van der Waals surface area contributed by atoms with Gasteiger partial charge in [0, 0.05) is 12.2 Å². The fourth-order valence-electron chi connectivity index (χ4n) is 3.30. The van der Waals surface area contributed by atoms with Crippen molar-refractivity contribution in [3.63, 3.8) is 0 Å². The third-order valence-corrected chi connectivity index (χ3v) is 4.76. The van der Waals surface area contributed by atoms with Gasteiger partial charge in [-0.25, -0.2) is 0 Å². The van der Waals surface area contributed by atoms with Gasteiger partial charge >= 0.3 is 0 Å². The van der Waals surface area contributed by atoms with E-state index in [9.17, 15) is 9.59 Å². The first kappa shape index (κ1) is 18.6. The molecule has 1 N–H and O–H groups in total. The number of amides is 2. The van der Waals surface area contributed by atoms with E-state index in [1.54, 1.807) is 6.08 Å². The Morgan fingerprint density at radius 3 is 2.33 bits per heavy atom. The Morgan fingerprint density at radius 1 is 1.04 bits per heavy atom. The third-order valence-electron chi connectivity index (χ3n) is 4.76. The average molecular weight is 360 g/mol. The molecule has 0 aliphatic carbocycles. The lowest BCUT2D eigenvalue weighted by atomic mass is 9.97. The fourth-order valence-corrected chi connectivity index (χ4v) is 3.30. The minimum absolute atomic E-state index is 0.187. The Kier molecular flexibility index (Phi) is 5.26. The van der Waals surface area contributed by atoms with Crippen molar-refractivity contribution in [1.82, 2.24) is 4.90 Å². The van der Waals surface area contributed by atoms with Crippen molar-refractivity contribution >= 4 is 23.1 Å². The van der Waals surface area contributed by atoms with Crippen LogP contribution < -0.4 is 5.32 Å². The van der Waals surface area contributed by atoms with Crippen molar-refractivity contribution < 1.29 is 9.59 Å². The zero-order valence-corrected chi connectivity index (χ0v) is 16.0. The maximum absolute atomic E-state index is 13.0. The number of carbonyl (C=O) groups excluding carboxylic acids is 2. The number of nitrogens with one attached hydrogen (secondary N) is 1. The molecule has 1 aliphatic heterocycles. The summed E-state index contributed by atoms with van der Waals surface area (Å²) in [6, 6.07) is 13.8. The predicted octanol–water partition coefficient (Wildman–Crippen LogP) is 4.24. The van der Waals surface area contributed by atoms with E-state index in [4.69, 9.17) is 0 Å². The van der Waals surface area contributed by atoms with Gasteiger partial charge in [0.2, 0.25) is 0 Å². The van der Waals surface area contributed by atoms with Crippen molar-refractivity contribution in [3.05, 3.63) is 83.1 Å². The Hall–Kier alpha value is -3.14. The summed E-state index contributed by atoms with van der Waals surface area (Å²) in [4.78, 5) is 27.2. The second-order valence-electron chi connectivity index (χ2n) is 6.75. The second-order valence-corrected chi connectivity index (χ2v) is 6.75. The number of imide groups is 1. The van der Waals surface area contributed by atoms with E-state index in [1.807, 2.05) is 56.3 Å². The quantitative estimate of drug-likeness (QED) is 0.619. The number of aryl methyl sites for hydroxylation is 3. The van der Waals surface area contributed by atoms with Crippen LogP contribution in [0.5, 0.6) is 0 Å². The SMILES string of the molecule is C=CCN1C(=O)C(Nc2ccc(CC)cc2)=C(c2ccc(C)cc2C)C1=O. The molecule has 0 atom stereocenters. The molecule has 2 amide bonds. The van der Waals surface area contributed by atoms with Gasteiger partial charge in [-0.05, 0) is 49.1 Å². The van der Waals surface area contributed by atoms with Crippen LogP contribution in [0.15, 0.2) is 60.8 Å². The Balaban J connectivity index is 2.09. The van der Waals surface area contributed by atoms with Crippen LogP contribution in [0.1, 0.15) is 29.2 Å². The van der Waals surface area contributed by atoms with Crippen LogP contribution in [-0.4, -0.2) is 23.3 Å². The highest BCUT2D eigenvalue weighted by Gasteiger charge is 2.39. The summed E-state index contributed by atoms with van der Waals surface area (Å²) in [7, 11) is 0. The first-order valence-corrected chi connectivity index (χ1v) is 9.11. The van der Waals surface area contributed by atoms with Crippen LogP contribution in [0.25, 0.3) is 5.57 Å². The maximum atomic E-state index is 13.0. The molecule has 4 heteroatoms. The summed E-state index contributed by atoms with van der Waals surface area (Å²) >= 11 is 0. The minimum Gasteiger partial charge on any atom is -0.350 e. The minimum atomic E-state index is -0.325. The summed E-state index contributed by atoms with van der Waals surface area (Å²) in [5.41, 5.74) is 5.58. The van der Waals surface area contributed by atoms with Gasteiger partial charge in [0.05, 0.1) is 5.57 Å². The second kappa shape index (κ2) is 7.62. The van der Waals surface area contributed by atoms with Crippen molar-refractivity contribution in [1.29, 1.82) is 0 Å². The fraction of sp³-hybridized carbons (Fsp3) is 0.217. The molecule has 1 aliphatic rings. The lowest BCUT2D eigenvalue weighted by Gasteiger charge is -2.12. The molecule has 3 rings (SSSR count). The van der Waals surface area contributed by atoms with Crippen LogP contribution in [0.2, 0.25) is 0 Å². The molecule has 2 aromatic rings. The molecule has 0 bridgehead atoms. The van der Waals surface area contributed by atoms with E-state index in [0.29, 0.717) is 11.3 Å². The monoisotopic (exact) mass is 360 g/mol. The van der Waals surface area contributed by atoms with Crippen LogP contribution in [0.4, 0.5) is 5.69 Å². The van der Waals surface area contributed by atoms with Crippen molar-refractivity contribution in [3.8, 4) is 0 Å². The summed E-state index contributed by atoms with van der Waals surface area (Å²) in [6.45, 7) is 9.90. The summed E-state index contributed by atoms with van der Waals surface area (Å²) in [6.07, 6.45) is 2.51. The molecule has 0 saturated heterocycles. The Morgan fingerprint density at radius 2 is 1.74 bits per heavy atom. The Labute approximate surface area is 160 Å². The van der Waals surface area contributed by atoms with E-state index in [0.717, 1.165) is 28.8 Å². The van der Waals surface area contributed by atoms with Crippen LogP contribution in [-0.2, 0) is 16.0 Å². The lowest BCUT2D eigenvalue weighted by Crippen LogP contribution is -2.32. The average Bonchev–Trinajstić information content (AvgIpc) is 2.87. The van der Waals surface area contributed by atoms with E-state index < -0.39 is 0 Å². The van der Waals surface area contributed by atoms with E-state index in [-0.39, 0.29) is 18.4 Å². The van der Waals surface area contributed by atoms with Gasteiger partial charge in [0.15, 0.2) is 0 Å². The van der Waals surface area contributed by atoms with Crippen LogP contribution in [0, 0.1) is 13.8 Å². The highest BCUT2D eigenvalue weighted by molar-refractivity contribution is 6.36. The molecule has 1 heterocycles. The van der Waals surface area contributed by atoms with Gasteiger partial charge < -0.3 is 5.32 Å². The topological polar surface area (TPSA) is 49.4 Å². The molecule has 0 fully saturated rings. The van der Waals surface area contributed by atoms with Crippen molar-refractivity contribution in [2.24, 2.45) is 0 Å². The molecule has 2 aromatic carbocycles. The molecule has 27 heavy (non-hydrogen) atoms. The molecule has 0 saturated carbocycles. The third kappa shape index (κ3) is 3.56. The normalized spacial score (nSPS) is 14.1. The smallest absolute Gasteiger partial charge is 0.278 e. The van der Waals surface area contributed by atoms with Gasteiger partial charge in [-0.2, -0.15) is 0 Å². The lowest BCUT2D eigenvalue weighted by molar-refractivity contribution is -0.136. The largest absolute Gasteiger partial charge is 0.350 e. The summed E-state index contributed by atoms with van der Waals surface area (Å²) in [5, 5.41) is 3.18. The summed E-state index contributed by atoms with van der Waals surface area (Å²) < 4.78 is 0. The molecule has 4 nitrogen and oxygen atoms in total. The van der Waals surface area contributed by atoms with Crippen LogP contribution >= 0.6 is 0 Å². The molecule has 0 spiro atoms. The molecule has 0 aromatic heterocycles. The molecule has 0 radical (unpaired) electrons. The standard InChI is InChI=1S/C23H24N2O2/c1-5-13-25-22(26)20(19-12-7-15(3)14-16(19)4)21(23(25)27)24-18-10-8-17(6-2)9-11-18/h5,7-12,14,24H,1,6,13H2,2-4H3. The number of rotatable bonds is 6. The maximum Gasteiger partial charge on any atom is 0.278 e. The Bertz CT molecular complexity index is 939. The number of hydrogen-bond donors (Lipinski definition) is 1. The highest BCUT2D eigenvalue weighted by atomic mass is 16.2. The first-order chi connectivity index (χ1) is 13.0.